The number of nitro groups is 1. The van der Waals surface area contributed by atoms with Crippen molar-refractivity contribution < 1.29 is 19.6 Å². The summed E-state index contributed by atoms with van der Waals surface area (Å²) in [7, 11) is 0. The Balaban J connectivity index is 2.75. The minimum atomic E-state index is -0.970. The van der Waals surface area contributed by atoms with Crippen molar-refractivity contribution in [2.24, 2.45) is 5.92 Å². The Kier molecular flexibility index (Phi) is 6.77. The van der Waals surface area contributed by atoms with Crippen LogP contribution in [0, 0.1) is 16.0 Å². The molecule has 0 bridgehead atoms. The smallest absolute Gasteiger partial charge is 0.305 e. The van der Waals surface area contributed by atoms with E-state index in [1.54, 1.807) is 26.0 Å². The number of benzene rings is 1. The number of hydrogen-bond donors (Lipinski definition) is 2. The number of amides is 1. The van der Waals surface area contributed by atoms with Crippen LogP contribution in [0.15, 0.2) is 29.2 Å². The summed E-state index contributed by atoms with van der Waals surface area (Å²) in [6.45, 7) is 7.14. The fourth-order valence-corrected chi connectivity index (χ4v) is 2.86. The molecule has 132 valence electrons. The molecule has 0 saturated carbocycles. The number of non-ortho nitro benzene ring substituents is 1. The highest BCUT2D eigenvalue weighted by Crippen LogP contribution is 2.27. The summed E-state index contributed by atoms with van der Waals surface area (Å²) in [6, 6.07) is 5.95. The number of carbonyl (C=O) groups is 2. The summed E-state index contributed by atoms with van der Waals surface area (Å²) >= 11 is 1.26. The molecule has 0 heterocycles. The molecule has 0 aromatic heterocycles. The van der Waals surface area contributed by atoms with Gasteiger partial charge in [-0.05, 0) is 31.9 Å². The molecule has 0 fully saturated rings. The molecule has 1 aromatic rings. The van der Waals surface area contributed by atoms with E-state index in [0.717, 1.165) is 4.90 Å². The first kappa shape index (κ1) is 20.0. The number of hydrogen-bond acceptors (Lipinski definition) is 5. The van der Waals surface area contributed by atoms with Gasteiger partial charge < -0.3 is 10.4 Å². The molecular weight excluding hydrogens is 332 g/mol. The third kappa shape index (κ3) is 5.52. The van der Waals surface area contributed by atoms with Gasteiger partial charge in [0.1, 0.15) is 0 Å². The summed E-state index contributed by atoms with van der Waals surface area (Å²) in [5.74, 6) is -1.29. The SMILES string of the molecule is CC(Sc1ccc([N+](=O)[O-])cc1)C(=O)NC(C)(CC(=O)O)C(C)C. The van der Waals surface area contributed by atoms with Crippen LogP contribution in [-0.4, -0.2) is 32.7 Å². The van der Waals surface area contributed by atoms with Crippen LogP contribution in [-0.2, 0) is 9.59 Å². The number of nitrogens with zero attached hydrogens (tertiary/aromatic N) is 1. The Morgan fingerprint density at radius 2 is 1.83 bits per heavy atom. The molecular formula is C16H22N2O5S. The van der Waals surface area contributed by atoms with Crippen LogP contribution in [0.4, 0.5) is 5.69 Å². The Bertz CT molecular complexity index is 617. The van der Waals surface area contributed by atoms with Crippen molar-refractivity contribution in [2.45, 2.75) is 49.8 Å². The van der Waals surface area contributed by atoms with Gasteiger partial charge in [-0.2, -0.15) is 0 Å². The zero-order chi connectivity index (χ0) is 18.5. The lowest BCUT2D eigenvalue weighted by Crippen LogP contribution is -2.53. The Morgan fingerprint density at radius 1 is 1.29 bits per heavy atom. The Morgan fingerprint density at radius 3 is 2.25 bits per heavy atom. The van der Waals surface area contributed by atoms with Gasteiger partial charge in [0, 0.05) is 22.6 Å². The van der Waals surface area contributed by atoms with Gasteiger partial charge in [-0.15, -0.1) is 11.8 Å². The number of carbonyl (C=O) groups excluding carboxylic acids is 1. The number of aliphatic carboxylic acids is 1. The van der Waals surface area contributed by atoms with Gasteiger partial charge >= 0.3 is 5.97 Å². The molecule has 2 N–H and O–H groups in total. The predicted molar refractivity (Wildman–Crippen MR) is 92.1 cm³/mol. The third-order valence-electron chi connectivity index (χ3n) is 3.93. The van der Waals surface area contributed by atoms with Crippen molar-refractivity contribution in [3.63, 3.8) is 0 Å². The van der Waals surface area contributed by atoms with E-state index in [0.29, 0.717) is 0 Å². The second-order valence-corrected chi connectivity index (χ2v) is 7.56. The number of thioether (sulfide) groups is 1. The molecule has 0 saturated heterocycles. The number of nitrogens with one attached hydrogen (secondary N) is 1. The van der Waals surface area contributed by atoms with Crippen LogP contribution in [0.5, 0.6) is 0 Å². The van der Waals surface area contributed by atoms with Crippen molar-refractivity contribution in [1.29, 1.82) is 0 Å². The van der Waals surface area contributed by atoms with Crippen molar-refractivity contribution in [3.05, 3.63) is 34.4 Å². The predicted octanol–water partition coefficient (Wildman–Crippen LogP) is 3.08. The zero-order valence-electron chi connectivity index (χ0n) is 14.1. The molecule has 0 radical (unpaired) electrons. The molecule has 2 atom stereocenters. The number of rotatable bonds is 8. The second kappa shape index (κ2) is 8.14. The van der Waals surface area contributed by atoms with Gasteiger partial charge in [0.25, 0.3) is 5.69 Å². The van der Waals surface area contributed by atoms with Crippen LogP contribution < -0.4 is 5.32 Å². The number of nitro benzene ring substituents is 1. The van der Waals surface area contributed by atoms with Crippen molar-refractivity contribution in [3.8, 4) is 0 Å². The first-order chi connectivity index (χ1) is 11.0. The quantitative estimate of drug-likeness (QED) is 0.422. The van der Waals surface area contributed by atoms with E-state index < -0.39 is 21.7 Å². The van der Waals surface area contributed by atoms with E-state index in [2.05, 4.69) is 5.32 Å². The Hall–Kier alpha value is -2.09. The molecule has 0 aliphatic heterocycles. The summed E-state index contributed by atoms with van der Waals surface area (Å²) in [6.07, 6.45) is -0.161. The van der Waals surface area contributed by atoms with E-state index >= 15 is 0 Å². The number of carboxylic acids is 1. The standard InChI is InChI=1S/C16H22N2O5S/c1-10(2)16(4,9-14(19)20)17-15(21)11(3)24-13-7-5-12(6-8-13)18(22)23/h5-8,10-11H,9H2,1-4H3,(H,17,21)(H,19,20). The maximum Gasteiger partial charge on any atom is 0.305 e. The highest BCUT2D eigenvalue weighted by Gasteiger charge is 2.34. The van der Waals surface area contributed by atoms with E-state index in [1.165, 1.54) is 23.9 Å². The van der Waals surface area contributed by atoms with Crippen LogP contribution in [0.25, 0.3) is 0 Å². The van der Waals surface area contributed by atoms with Crippen LogP contribution >= 0.6 is 11.8 Å². The first-order valence-electron chi connectivity index (χ1n) is 7.50. The van der Waals surface area contributed by atoms with Gasteiger partial charge in [-0.3, -0.25) is 19.7 Å². The molecule has 1 aromatic carbocycles. The molecule has 8 heteroatoms. The number of carboxylic acid groups (broad SMARTS) is 1. The van der Waals surface area contributed by atoms with Crippen LogP contribution in [0.2, 0.25) is 0 Å². The second-order valence-electron chi connectivity index (χ2n) is 6.14. The normalized spacial score (nSPS) is 14.7. The lowest BCUT2D eigenvalue weighted by Gasteiger charge is -2.34. The molecule has 1 rings (SSSR count). The van der Waals surface area contributed by atoms with Gasteiger partial charge in [0.15, 0.2) is 0 Å². The largest absolute Gasteiger partial charge is 0.481 e. The average Bonchev–Trinajstić information content (AvgIpc) is 2.46. The minimum Gasteiger partial charge on any atom is -0.481 e. The van der Waals surface area contributed by atoms with E-state index in [-0.39, 0.29) is 23.9 Å². The van der Waals surface area contributed by atoms with Gasteiger partial charge in [0.05, 0.1) is 16.6 Å². The highest BCUT2D eigenvalue weighted by molar-refractivity contribution is 8.00. The summed E-state index contributed by atoms with van der Waals surface area (Å²) < 4.78 is 0. The highest BCUT2D eigenvalue weighted by atomic mass is 32.2. The van der Waals surface area contributed by atoms with Gasteiger partial charge in [-0.25, -0.2) is 0 Å². The molecule has 0 aliphatic carbocycles. The lowest BCUT2D eigenvalue weighted by molar-refractivity contribution is -0.384. The van der Waals surface area contributed by atoms with Crippen molar-refractivity contribution in [1.82, 2.24) is 5.32 Å². The molecule has 0 spiro atoms. The van der Waals surface area contributed by atoms with Gasteiger partial charge in [0.2, 0.25) is 5.91 Å². The van der Waals surface area contributed by atoms with E-state index in [1.807, 2.05) is 13.8 Å². The fraction of sp³-hybridized carbons (Fsp3) is 0.500. The van der Waals surface area contributed by atoms with Crippen molar-refractivity contribution in [2.75, 3.05) is 0 Å². The van der Waals surface area contributed by atoms with Crippen LogP contribution in [0.3, 0.4) is 0 Å². The minimum absolute atomic E-state index is 0.00899. The third-order valence-corrected chi connectivity index (χ3v) is 5.04. The average molecular weight is 354 g/mol. The molecule has 7 nitrogen and oxygen atoms in total. The van der Waals surface area contributed by atoms with E-state index in [4.69, 9.17) is 5.11 Å². The summed E-state index contributed by atoms with van der Waals surface area (Å²) in [5.41, 5.74) is -0.849. The molecule has 0 aliphatic rings. The maximum absolute atomic E-state index is 12.4. The van der Waals surface area contributed by atoms with Gasteiger partial charge in [-0.1, -0.05) is 13.8 Å². The molecule has 1 amide bonds. The molecule has 2 unspecified atom stereocenters. The Labute approximate surface area is 145 Å². The molecule has 24 heavy (non-hydrogen) atoms. The fourth-order valence-electron chi connectivity index (χ4n) is 1.99. The maximum atomic E-state index is 12.4. The van der Waals surface area contributed by atoms with E-state index in [9.17, 15) is 19.7 Å². The zero-order valence-corrected chi connectivity index (χ0v) is 14.9. The summed E-state index contributed by atoms with van der Waals surface area (Å²) in [4.78, 5) is 34.3. The van der Waals surface area contributed by atoms with Crippen molar-refractivity contribution >= 4 is 29.3 Å². The van der Waals surface area contributed by atoms with Crippen LogP contribution in [0.1, 0.15) is 34.1 Å². The summed E-state index contributed by atoms with van der Waals surface area (Å²) in [5, 5.41) is 22.0. The topological polar surface area (TPSA) is 110 Å². The monoisotopic (exact) mass is 354 g/mol. The first-order valence-corrected chi connectivity index (χ1v) is 8.38. The lowest BCUT2D eigenvalue weighted by atomic mass is 9.85.